The average molecular weight is 435 g/mol. The highest BCUT2D eigenvalue weighted by Crippen LogP contribution is 2.31. The number of fused-ring (bicyclic) bond motifs is 1. The molecule has 1 fully saturated rings. The molecule has 1 amide bonds. The zero-order valence-corrected chi connectivity index (χ0v) is 17.0. The van der Waals surface area contributed by atoms with E-state index in [-0.39, 0.29) is 36.4 Å². The van der Waals surface area contributed by atoms with Crippen molar-refractivity contribution in [2.24, 2.45) is 0 Å². The number of Topliss-reactive ketones (excluding diaryl/α,β-unsaturated/α-hetero) is 1. The number of nitrogens with zero attached hydrogens (tertiary/aromatic N) is 1. The molecule has 2 aromatic carbocycles. The molecular weight excluding hydrogens is 415 g/mol. The molecule has 0 unspecified atom stereocenters. The minimum Gasteiger partial charge on any atom is -0.497 e. The Morgan fingerprint density at radius 2 is 2.13 bits per heavy atom. The lowest BCUT2D eigenvalue weighted by Crippen LogP contribution is -2.54. The lowest BCUT2D eigenvalue weighted by atomic mass is 10.1. The lowest BCUT2D eigenvalue weighted by molar-refractivity contribution is -0.119. The molecule has 2 aliphatic rings. The highest BCUT2D eigenvalue weighted by Gasteiger charge is 2.34. The van der Waals surface area contributed by atoms with Gasteiger partial charge < -0.3 is 24.4 Å². The molecule has 0 aromatic heterocycles. The van der Waals surface area contributed by atoms with Gasteiger partial charge in [0.15, 0.2) is 5.78 Å². The molecule has 0 aliphatic carbocycles. The number of anilines is 1. The summed E-state index contributed by atoms with van der Waals surface area (Å²) < 4.78 is 30.7. The van der Waals surface area contributed by atoms with Crippen molar-refractivity contribution in [1.29, 1.82) is 0 Å². The monoisotopic (exact) mass is 434 g/mol. The van der Waals surface area contributed by atoms with Crippen molar-refractivity contribution in [1.82, 2.24) is 4.90 Å². The molecule has 2 aromatic rings. The maximum atomic E-state index is 14.5. The first kappa shape index (κ1) is 20.4. The quantitative estimate of drug-likeness (QED) is 0.779. The predicted molar refractivity (Wildman–Crippen MR) is 108 cm³/mol. The number of carbonyl (C=O) groups excluding carboxylic acids is 2. The Morgan fingerprint density at radius 3 is 2.87 bits per heavy atom. The fourth-order valence-corrected chi connectivity index (χ4v) is 3.46. The number of rotatable bonds is 5. The average Bonchev–Trinajstić information content (AvgIpc) is 2.88. The summed E-state index contributed by atoms with van der Waals surface area (Å²) >= 11 is 6.20. The highest BCUT2D eigenvalue weighted by atomic mass is 35.5. The highest BCUT2D eigenvalue weighted by molar-refractivity contribution is 6.31. The van der Waals surface area contributed by atoms with Crippen LogP contribution in [0.3, 0.4) is 0 Å². The predicted octanol–water partition coefficient (Wildman–Crippen LogP) is 2.90. The molecule has 1 N–H and O–H groups in total. The van der Waals surface area contributed by atoms with Gasteiger partial charge in [0.2, 0.25) is 0 Å². The maximum Gasteiger partial charge on any atom is 0.257 e. The fourth-order valence-electron chi connectivity index (χ4n) is 3.24. The van der Waals surface area contributed by atoms with Crippen LogP contribution in [0.15, 0.2) is 30.3 Å². The number of likely N-dealkylation sites (tertiary alicyclic amines) is 1. The van der Waals surface area contributed by atoms with Gasteiger partial charge in [-0.05, 0) is 23.8 Å². The minimum atomic E-state index is -0.690. The van der Waals surface area contributed by atoms with Gasteiger partial charge in [0.1, 0.15) is 23.9 Å². The zero-order chi connectivity index (χ0) is 21.3. The number of halogens is 2. The van der Waals surface area contributed by atoms with Gasteiger partial charge in [0.05, 0.1) is 37.6 Å². The Hall–Kier alpha value is -2.84. The third kappa shape index (κ3) is 4.20. The Labute approximate surface area is 177 Å². The Kier molecular flexibility index (Phi) is 5.78. The molecule has 0 atom stereocenters. The summed E-state index contributed by atoms with van der Waals surface area (Å²) in [5.74, 6) is -0.397. The number of ether oxygens (including phenoxy) is 3. The molecule has 0 bridgehead atoms. The van der Waals surface area contributed by atoms with Crippen LogP contribution in [0.4, 0.5) is 10.1 Å². The Balaban J connectivity index is 1.35. The van der Waals surface area contributed by atoms with E-state index < -0.39 is 11.7 Å². The van der Waals surface area contributed by atoms with Crippen LogP contribution < -0.4 is 14.8 Å². The number of methoxy groups -OCH3 is 1. The van der Waals surface area contributed by atoms with Gasteiger partial charge in [-0.3, -0.25) is 9.59 Å². The van der Waals surface area contributed by atoms with Crippen LogP contribution in [0.1, 0.15) is 15.9 Å². The van der Waals surface area contributed by atoms with Gasteiger partial charge in [-0.1, -0.05) is 17.7 Å². The number of nitrogens with one attached hydrogen (secondary N) is 1. The zero-order valence-electron chi connectivity index (χ0n) is 16.2. The van der Waals surface area contributed by atoms with Crippen LogP contribution in [-0.2, 0) is 16.1 Å². The van der Waals surface area contributed by atoms with E-state index in [1.807, 2.05) is 6.07 Å². The van der Waals surface area contributed by atoms with E-state index in [1.54, 1.807) is 19.2 Å². The summed E-state index contributed by atoms with van der Waals surface area (Å²) in [4.78, 5) is 25.7. The van der Waals surface area contributed by atoms with Gasteiger partial charge >= 0.3 is 0 Å². The third-order valence-corrected chi connectivity index (χ3v) is 5.39. The van der Waals surface area contributed by atoms with Crippen molar-refractivity contribution in [2.45, 2.75) is 12.7 Å². The second-order valence-corrected chi connectivity index (χ2v) is 7.52. The summed E-state index contributed by atoms with van der Waals surface area (Å²) in [6.45, 7) is 0.949. The van der Waals surface area contributed by atoms with Crippen LogP contribution in [-0.4, -0.2) is 56.0 Å². The van der Waals surface area contributed by atoms with E-state index in [0.717, 1.165) is 11.6 Å². The van der Waals surface area contributed by atoms with E-state index in [4.69, 9.17) is 25.8 Å². The van der Waals surface area contributed by atoms with Crippen molar-refractivity contribution >= 4 is 29.0 Å². The maximum absolute atomic E-state index is 14.5. The first-order chi connectivity index (χ1) is 14.4. The molecule has 9 heteroatoms. The molecule has 0 radical (unpaired) electrons. The molecule has 4 rings (SSSR count). The molecule has 158 valence electrons. The van der Waals surface area contributed by atoms with Crippen molar-refractivity contribution in [3.63, 3.8) is 0 Å². The van der Waals surface area contributed by atoms with E-state index in [0.29, 0.717) is 36.2 Å². The van der Waals surface area contributed by atoms with E-state index in [1.165, 1.54) is 11.0 Å². The van der Waals surface area contributed by atoms with Crippen molar-refractivity contribution in [2.75, 3.05) is 38.7 Å². The van der Waals surface area contributed by atoms with Crippen molar-refractivity contribution in [3.8, 4) is 11.5 Å². The number of hydrogen-bond donors (Lipinski definition) is 1. The Bertz CT molecular complexity index is 994. The first-order valence-electron chi connectivity index (χ1n) is 9.40. The number of benzene rings is 2. The summed E-state index contributed by atoms with van der Waals surface area (Å²) in [6, 6.07) is 7.86. The number of amides is 1. The summed E-state index contributed by atoms with van der Waals surface area (Å²) in [5.41, 5.74) is 1.17. The van der Waals surface area contributed by atoms with Crippen LogP contribution in [0.5, 0.6) is 11.5 Å². The number of hydrogen-bond acceptors (Lipinski definition) is 6. The number of carbonyl (C=O) groups is 2. The summed E-state index contributed by atoms with van der Waals surface area (Å²) in [6.07, 6.45) is -0.157. The second-order valence-electron chi connectivity index (χ2n) is 7.11. The van der Waals surface area contributed by atoms with E-state index >= 15 is 0 Å². The standard InChI is InChI=1S/C21H20ClFN2O5/c1-28-14-3-2-12(17(22)4-14)10-29-15-8-25(9-15)21(27)16-5-19-20(6-18(16)23)30-11-13(26)7-24-19/h2-6,15,24H,7-11H2,1H3. The lowest BCUT2D eigenvalue weighted by Gasteiger charge is -2.39. The normalized spacial score (nSPS) is 16.1. The smallest absolute Gasteiger partial charge is 0.257 e. The van der Waals surface area contributed by atoms with Crippen LogP contribution in [0.25, 0.3) is 0 Å². The van der Waals surface area contributed by atoms with Gasteiger partial charge in [-0.2, -0.15) is 0 Å². The topological polar surface area (TPSA) is 77.1 Å². The summed E-state index contributed by atoms with van der Waals surface area (Å²) in [7, 11) is 1.57. The van der Waals surface area contributed by atoms with E-state index in [9.17, 15) is 14.0 Å². The fraction of sp³-hybridized carbons (Fsp3) is 0.333. The molecule has 0 spiro atoms. The molecule has 0 saturated carbocycles. The SMILES string of the molecule is COc1ccc(COC2CN(C(=O)c3cc4c(cc3F)OCC(=O)CN4)C2)c(Cl)c1. The van der Waals surface area contributed by atoms with Gasteiger partial charge in [0, 0.05) is 24.2 Å². The van der Waals surface area contributed by atoms with Gasteiger partial charge in [-0.15, -0.1) is 0 Å². The van der Waals surface area contributed by atoms with Crippen LogP contribution >= 0.6 is 11.6 Å². The van der Waals surface area contributed by atoms with Crippen molar-refractivity contribution in [3.05, 3.63) is 52.3 Å². The van der Waals surface area contributed by atoms with E-state index in [2.05, 4.69) is 5.32 Å². The first-order valence-corrected chi connectivity index (χ1v) is 9.77. The largest absolute Gasteiger partial charge is 0.497 e. The third-order valence-electron chi connectivity index (χ3n) is 5.03. The Morgan fingerprint density at radius 1 is 1.33 bits per heavy atom. The van der Waals surface area contributed by atoms with Gasteiger partial charge in [0.25, 0.3) is 5.91 Å². The van der Waals surface area contributed by atoms with Crippen molar-refractivity contribution < 1.29 is 28.2 Å². The van der Waals surface area contributed by atoms with Crippen LogP contribution in [0.2, 0.25) is 5.02 Å². The minimum absolute atomic E-state index is 0.0693. The second kappa shape index (κ2) is 8.49. The molecule has 2 heterocycles. The van der Waals surface area contributed by atoms with Gasteiger partial charge in [-0.25, -0.2) is 4.39 Å². The summed E-state index contributed by atoms with van der Waals surface area (Å²) in [5, 5.41) is 3.42. The molecule has 2 aliphatic heterocycles. The molecular formula is C21H20ClFN2O5. The van der Waals surface area contributed by atoms with Crippen LogP contribution in [0, 0.1) is 5.82 Å². The molecule has 1 saturated heterocycles. The number of ketones is 1. The molecule has 30 heavy (non-hydrogen) atoms. The molecule has 7 nitrogen and oxygen atoms in total.